The second kappa shape index (κ2) is 9.38. The van der Waals surface area contributed by atoms with Gasteiger partial charge in [-0.3, -0.25) is 9.69 Å². The van der Waals surface area contributed by atoms with E-state index < -0.39 is 12.1 Å². The zero-order valence-electron chi connectivity index (χ0n) is 15.9. The van der Waals surface area contributed by atoms with Gasteiger partial charge in [0, 0.05) is 19.6 Å². The fraction of sp³-hybridized carbons (Fsp3) is 0.579. The van der Waals surface area contributed by atoms with Crippen molar-refractivity contribution in [2.45, 2.75) is 38.1 Å². The van der Waals surface area contributed by atoms with Gasteiger partial charge in [0.05, 0.1) is 25.2 Å². The fourth-order valence-corrected chi connectivity index (χ4v) is 3.26. The Labute approximate surface area is 161 Å². The Morgan fingerprint density at radius 2 is 1.82 bits per heavy atom. The van der Waals surface area contributed by atoms with Crippen molar-refractivity contribution in [2.24, 2.45) is 0 Å². The Kier molecular flexibility index (Phi) is 7.42. The monoisotopic (exact) mass is 402 g/mol. The van der Waals surface area contributed by atoms with Crippen LogP contribution in [0.25, 0.3) is 0 Å². The number of aryl methyl sites for hydroxylation is 1. The van der Waals surface area contributed by atoms with Crippen LogP contribution in [-0.2, 0) is 20.7 Å². The predicted octanol–water partition coefficient (Wildman–Crippen LogP) is 2.10. The number of hydrogen-bond donors (Lipinski definition) is 1. The zero-order chi connectivity index (χ0) is 20.9. The third-order valence-corrected chi connectivity index (χ3v) is 4.93. The van der Waals surface area contributed by atoms with Crippen LogP contribution in [-0.4, -0.2) is 78.4 Å². The topological polar surface area (TPSA) is 70.1 Å². The van der Waals surface area contributed by atoms with Gasteiger partial charge in [-0.1, -0.05) is 29.8 Å². The second-order valence-electron chi connectivity index (χ2n) is 7.05. The van der Waals surface area contributed by atoms with E-state index in [9.17, 15) is 18.0 Å². The number of alkyl halides is 3. The minimum Gasteiger partial charge on any atom is -0.475 e. The van der Waals surface area contributed by atoms with Crippen LogP contribution in [0.5, 0.6) is 0 Å². The van der Waals surface area contributed by atoms with Gasteiger partial charge < -0.3 is 14.7 Å². The molecule has 2 aliphatic rings. The molecule has 0 radical (unpaired) electrons. The summed E-state index contributed by atoms with van der Waals surface area (Å²) in [5.74, 6) is -2.52. The van der Waals surface area contributed by atoms with Gasteiger partial charge in [0.25, 0.3) is 0 Å². The highest BCUT2D eigenvalue weighted by atomic mass is 19.4. The molecule has 0 bridgehead atoms. The number of nitrogens with zero attached hydrogens (tertiary/aromatic N) is 2. The molecule has 2 heterocycles. The molecule has 2 atom stereocenters. The Bertz CT molecular complexity index is 679. The van der Waals surface area contributed by atoms with Crippen LogP contribution in [0.15, 0.2) is 24.3 Å². The molecule has 2 fully saturated rings. The van der Waals surface area contributed by atoms with Gasteiger partial charge in [-0.15, -0.1) is 0 Å². The minimum absolute atomic E-state index is 0.233. The van der Waals surface area contributed by atoms with Crippen molar-refractivity contribution in [2.75, 3.05) is 33.3 Å². The molecule has 2 saturated heterocycles. The molecule has 0 saturated carbocycles. The third-order valence-electron chi connectivity index (χ3n) is 4.93. The first-order chi connectivity index (χ1) is 13.1. The number of fused-ring (bicyclic) bond motifs is 1. The number of morpholine rings is 1. The van der Waals surface area contributed by atoms with Crippen molar-refractivity contribution in [3.63, 3.8) is 0 Å². The van der Waals surface area contributed by atoms with Crippen molar-refractivity contribution in [1.29, 1.82) is 0 Å². The second-order valence-corrected chi connectivity index (χ2v) is 7.05. The molecule has 0 spiro atoms. The summed E-state index contributed by atoms with van der Waals surface area (Å²) >= 11 is 0. The SMILES string of the molecule is Cc1ccc(CC(=O)N2CC[C@@H]3OCCN(C)[C@H]3C2)cc1.O=C(O)C(F)(F)F. The number of halogens is 3. The summed E-state index contributed by atoms with van der Waals surface area (Å²) in [5, 5.41) is 7.12. The highest BCUT2D eigenvalue weighted by Crippen LogP contribution is 2.22. The standard InChI is InChI=1S/C17H24N2O2.C2HF3O2/c1-13-3-5-14(6-4-13)11-17(20)19-8-7-16-15(12-19)18(2)9-10-21-16;3-2(4,5)1(6)7/h3-6,15-16H,7-12H2,1-2H3;(H,6,7)/t15-,16-;/m0./s1. The molecule has 0 aromatic heterocycles. The zero-order valence-corrected chi connectivity index (χ0v) is 15.9. The summed E-state index contributed by atoms with van der Waals surface area (Å²) in [4.78, 5) is 25.7. The first-order valence-electron chi connectivity index (χ1n) is 9.03. The smallest absolute Gasteiger partial charge is 0.475 e. The van der Waals surface area contributed by atoms with Gasteiger partial charge in [0.15, 0.2) is 0 Å². The summed E-state index contributed by atoms with van der Waals surface area (Å²) in [6.45, 7) is 5.46. The van der Waals surface area contributed by atoms with E-state index in [2.05, 4.69) is 43.1 Å². The number of rotatable bonds is 2. The number of carboxylic acids is 1. The van der Waals surface area contributed by atoms with E-state index in [1.807, 2.05) is 4.90 Å². The molecule has 0 unspecified atom stereocenters. The lowest BCUT2D eigenvalue weighted by Crippen LogP contribution is -2.59. The summed E-state index contributed by atoms with van der Waals surface area (Å²) < 4.78 is 37.6. The normalized spacial score (nSPS) is 22.7. The molecule has 1 aromatic carbocycles. The van der Waals surface area contributed by atoms with Gasteiger partial charge in [-0.25, -0.2) is 4.79 Å². The van der Waals surface area contributed by atoms with Gasteiger partial charge in [-0.2, -0.15) is 13.2 Å². The molecule has 2 aliphatic heterocycles. The van der Waals surface area contributed by atoms with E-state index in [0.717, 1.165) is 38.2 Å². The molecule has 3 rings (SSSR count). The maximum absolute atomic E-state index is 12.5. The van der Waals surface area contributed by atoms with E-state index in [1.54, 1.807) is 0 Å². The van der Waals surface area contributed by atoms with Crippen LogP contribution >= 0.6 is 0 Å². The number of carboxylic acid groups (broad SMARTS) is 1. The van der Waals surface area contributed by atoms with Crippen LogP contribution in [0.3, 0.4) is 0 Å². The number of likely N-dealkylation sites (N-methyl/N-ethyl adjacent to an activating group) is 1. The van der Waals surface area contributed by atoms with Crippen molar-refractivity contribution in [3.05, 3.63) is 35.4 Å². The quantitative estimate of drug-likeness (QED) is 0.821. The van der Waals surface area contributed by atoms with E-state index in [1.165, 1.54) is 5.56 Å². The van der Waals surface area contributed by atoms with E-state index in [-0.39, 0.29) is 5.91 Å². The highest BCUT2D eigenvalue weighted by Gasteiger charge is 2.38. The van der Waals surface area contributed by atoms with Crippen LogP contribution < -0.4 is 0 Å². The average Bonchev–Trinajstić information content (AvgIpc) is 2.63. The molecule has 1 aromatic rings. The van der Waals surface area contributed by atoms with E-state index in [0.29, 0.717) is 18.6 Å². The lowest BCUT2D eigenvalue weighted by Gasteiger charge is -2.45. The molecule has 28 heavy (non-hydrogen) atoms. The fourth-order valence-electron chi connectivity index (χ4n) is 3.26. The first kappa shape index (κ1) is 22.2. The summed E-state index contributed by atoms with van der Waals surface area (Å²) in [6, 6.07) is 8.59. The average molecular weight is 402 g/mol. The number of amides is 1. The van der Waals surface area contributed by atoms with Crippen molar-refractivity contribution in [1.82, 2.24) is 9.80 Å². The predicted molar refractivity (Wildman–Crippen MR) is 95.9 cm³/mol. The van der Waals surface area contributed by atoms with Gasteiger partial charge in [-0.05, 0) is 26.0 Å². The summed E-state index contributed by atoms with van der Waals surface area (Å²) in [5.41, 5.74) is 2.33. The number of piperidine rings is 1. The van der Waals surface area contributed by atoms with Gasteiger partial charge in [0.1, 0.15) is 0 Å². The van der Waals surface area contributed by atoms with E-state index in [4.69, 9.17) is 14.6 Å². The number of benzene rings is 1. The molecular weight excluding hydrogens is 377 g/mol. The van der Waals surface area contributed by atoms with Crippen molar-refractivity contribution < 1.29 is 32.6 Å². The molecule has 6 nitrogen and oxygen atoms in total. The van der Waals surface area contributed by atoms with Crippen LogP contribution in [0, 0.1) is 6.92 Å². The highest BCUT2D eigenvalue weighted by molar-refractivity contribution is 5.79. The minimum atomic E-state index is -5.08. The molecule has 0 aliphatic carbocycles. The number of hydrogen-bond acceptors (Lipinski definition) is 4. The number of ether oxygens (including phenoxy) is 1. The van der Waals surface area contributed by atoms with Gasteiger partial charge in [0.2, 0.25) is 5.91 Å². The van der Waals surface area contributed by atoms with Gasteiger partial charge >= 0.3 is 12.1 Å². The molecule has 1 N–H and O–H groups in total. The number of carbonyl (C=O) groups excluding carboxylic acids is 1. The largest absolute Gasteiger partial charge is 0.490 e. The number of aliphatic carboxylic acids is 1. The molecule has 1 amide bonds. The maximum atomic E-state index is 12.5. The van der Waals surface area contributed by atoms with Crippen LogP contribution in [0.4, 0.5) is 13.2 Å². The van der Waals surface area contributed by atoms with E-state index >= 15 is 0 Å². The maximum Gasteiger partial charge on any atom is 0.490 e. The first-order valence-corrected chi connectivity index (χ1v) is 9.03. The Morgan fingerprint density at radius 3 is 2.39 bits per heavy atom. The lowest BCUT2D eigenvalue weighted by molar-refractivity contribution is -0.192. The lowest BCUT2D eigenvalue weighted by atomic mass is 9.98. The third kappa shape index (κ3) is 6.20. The Balaban J connectivity index is 0.000000345. The van der Waals surface area contributed by atoms with Crippen molar-refractivity contribution >= 4 is 11.9 Å². The van der Waals surface area contributed by atoms with Crippen LogP contribution in [0.1, 0.15) is 17.5 Å². The number of carbonyl (C=O) groups is 2. The summed E-state index contributed by atoms with van der Waals surface area (Å²) in [7, 11) is 2.13. The molecule has 156 valence electrons. The van der Waals surface area contributed by atoms with Crippen molar-refractivity contribution in [3.8, 4) is 0 Å². The summed E-state index contributed by atoms with van der Waals surface area (Å²) in [6.07, 6.45) is -3.33. The molecule has 9 heteroatoms. The Hall–Kier alpha value is -2.13. The number of likely N-dealkylation sites (tertiary alicyclic amines) is 1. The van der Waals surface area contributed by atoms with Crippen LogP contribution in [0.2, 0.25) is 0 Å². The molecular formula is C19H25F3N2O4. The Morgan fingerprint density at radius 1 is 1.21 bits per heavy atom.